The van der Waals surface area contributed by atoms with E-state index in [4.69, 9.17) is 17.3 Å². The normalized spacial score (nSPS) is 24.2. The van der Waals surface area contributed by atoms with Crippen molar-refractivity contribution in [3.63, 3.8) is 0 Å². The molecule has 0 radical (unpaired) electrons. The van der Waals surface area contributed by atoms with Crippen molar-refractivity contribution in [3.8, 4) is 0 Å². The number of hydrogen-bond acceptors (Lipinski definition) is 3. The van der Waals surface area contributed by atoms with Crippen molar-refractivity contribution >= 4 is 17.4 Å². The Morgan fingerprint density at radius 3 is 2.94 bits per heavy atom. The second kappa shape index (κ2) is 5.85. The highest BCUT2D eigenvalue weighted by Gasteiger charge is 2.33. The lowest BCUT2D eigenvalue weighted by Gasteiger charge is -2.29. The van der Waals surface area contributed by atoms with E-state index in [0.29, 0.717) is 29.7 Å². The molecule has 1 aromatic heterocycles. The van der Waals surface area contributed by atoms with Crippen molar-refractivity contribution in [3.05, 3.63) is 16.9 Å². The molecule has 1 aromatic rings. The van der Waals surface area contributed by atoms with Gasteiger partial charge in [0.15, 0.2) is 5.78 Å². The lowest BCUT2D eigenvalue weighted by molar-refractivity contribution is 0.0818. The maximum absolute atomic E-state index is 12.6. The molecule has 2 N–H and O–H groups in total. The average molecular weight is 270 g/mol. The first-order chi connectivity index (χ1) is 8.69. The van der Waals surface area contributed by atoms with Gasteiger partial charge >= 0.3 is 0 Å². The molecule has 2 rings (SSSR count). The molecule has 5 heteroatoms. The van der Waals surface area contributed by atoms with E-state index in [1.165, 1.54) is 6.42 Å². The van der Waals surface area contributed by atoms with Gasteiger partial charge in [-0.1, -0.05) is 24.4 Å². The molecule has 1 aliphatic rings. The number of rotatable bonds is 4. The first-order valence-corrected chi connectivity index (χ1v) is 7.02. The summed E-state index contributed by atoms with van der Waals surface area (Å²) in [6.45, 7) is 3.20. The molecule has 1 fully saturated rings. The molecular weight excluding hydrogens is 250 g/mol. The van der Waals surface area contributed by atoms with Gasteiger partial charge in [0.05, 0.1) is 11.2 Å². The van der Waals surface area contributed by atoms with Crippen LogP contribution in [0.3, 0.4) is 0 Å². The minimum absolute atomic E-state index is 0.0169. The SMILES string of the molecule is CCn1ncc(Cl)c1C(=O)C1CCCCC1CN. The monoisotopic (exact) mass is 269 g/mol. The van der Waals surface area contributed by atoms with Crippen LogP contribution in [-0.2, 0) is 6.54 Å². The number of Topliss-reactive ketones (excluding diaryl/α,β-unsaturated/α-hetero) is 1. The van der Waals surface area contributed by atoms with Gasteiger partial charge < -0.3 is 5.73 Å². The second-order valence-electron chi connectivity index (χ2n) is 4.91. The van der Waals surface area contributed by atoms with Gasteiger partial charge in [0, 0.05) is 12.5 Å². The molecule has 1 saturated carbocycles. The van der Waals surface area contributed by atoms with Gasteiger partial charge in [-0.15, -0.1) is 0 Å². The van der Waals surface area contributed by atoms with Crippen LogP contribution in [0.25, 0.3) is 0 Å². The van der Waals surface area contributed by atoms with E-state index in [1.807, 2.05) is 6.92 Å². The molecule has 0 spiro atoms. The van der Waals surface area contributed by atoms with Crippen LogP contribution in [0.5, 0.6) is 0 Å². The quantitative estimate of drug-likeness (QED) is 0.855. The first kappa shape index (κ1) is 13.6. The Bertz CT molecular complexity index is 430. The molecule has 0 bridgehead atoms. The van der Waals surface area contributed by atoms with E-state index in [9.17, 15) is 4.79 Å². The highest BCUT2D eigenvalue weighted by atomic mass is 35.5. The van der Waals surface area contributed by atoms with Crippen LogP contribution in [0.1, 0.15) is 43.1 Å². The van der Waals surface area contributed by atoms with E-state index in [1.54, 1.807) is 10.9 Å². The number of nitrogens with zero attached hydrogens (tertiary/aromatic N) is 2. The van der Waals surface area contributed by atoms with Gasteiger partial charge in [-0.25, -0.2) is 0 Å². The van der Waals surface area contributed by atoms with E-state index in [-0.39, 0.29) is 11.7 Å². The molecule has 0 amide bonds. The fourth-order valence-corrected chi connectivity index (χ4v) is 3.09. The van der Waals surface area contributed by atoms with E-state index in [0.717, 1.165) is 19.3 Å². The van der Waals surface area contributed by atoms with Gasteiger partial charge in [-0.2, -0.15) is 5.10 Å². The lowest BCUT2D eigenvalue weighted by Crippen LogP contribution is -2.33. The molecule has 1 aliphatic carbocycles. The number of aryl methyl sites for hydroxylation is 1. The van der Waals surface area contributed by atoms with Crippen LogP contribution < -0.4 is 5.73 Å². The van der Waals surface area contributed by atoms with Gasteiger partial charge in [0.25, 0.3) is 0 Å². The smallest absolute Gasteiger partial charge is 0.185 e. The Labute approximate surface area is 112 Å². The minimum Gasteiger partial charge on any atom is -0.330 e. The Balaban J connectivity index is 2.26. The molecule has 0 saturated heterocycles. The molecule has 0 aliphatic heterocycles. The van der Waals surface area contributed by atoms with Gasteiger partial charge in [0.1, 0.15) is 5.69 Å². The van der Waals surface area contributed by atoms with Gasteiger partial charge in [-0.05, 0) is 32.2 Å². The van der Waals surface area contributed by atoms with E-state index >= 15 is 0 Å². The Hall–Kier alpha value is -0.870. The molecule has 100 valence electrons. The summed E-state index contributed by atoms with van der Waals surface area (Å²) in [5.74, 6) is 0.431. The largest absolute Gasteiger partial charge is 0.330 e. The van der Waals surface area contributed by atoms with Crippen molar-refractivity contribution < 1.29 is 4.79 Å². The minimum atomic E-state index is 0.0169. The van der Waals surface area contributed by atoms with Crippen LogP contribution in [0, 0.1) is 11.8 Å². The molecule has 4 nitrogen and oxygen atoms in total. The van der Waals surface area contributed by atoms with Gasteiger partial charge in [-0.3, -0.25) is 9.48 Å². The highest BCUT2D eigenvalue weighted by Crippen LogP contribution is 2.33. The summed E-state index contributed by atoms with van der Waals surface area (Å²) in [6.07, 6.45) is 5.80. The number of carbonyl (C=O) groups excluding carboxylic acids is 1. The predicted molar refractivity (Wildman–Crippen MR) is 71.7 cm³/mol. The summed E-state index contributed by atoms with van der Waals surface area (Å²) < 4.78 is 1.69. The fourth-order valence-electron chi connectivity index (χ4n) is 2.86. The maximum Gasteiger partial charge on any atom is 0.185 e. The van der Waals surface area contributed by atoms with Crippen molar-refractivity contribution in [1.82, 2.24) is 9.78 Å². The van der Waals surface area contributed by atoms with Gasteiger partial charge in [0.2, 0.25) is 0 Å². The van der Waals surface area contributed by atoms with Crippen molar-refractivity contribution in [2.24, 2.45) is 17.6 Å². The van der Waals surface area contributed by atoms with Crippen LogP contribution in [0.15, 0.2) is 6.20 Å². The number of nitrogens with two attached hydrogens (primary N) is 1. The number of hydrogen-bond donors (Lipinski definition) is 1. The predicted octanol–water partition coefficient (Wildman–Crippen LogP) is 2.50. The molecule has 2 unspecified atom stereocenters. The molecular formula is C13H20ClN3O. The number of halogens is 1. The molecule has 1 heterocycles. The summed E-state index contributed by atoms with van der Waals surface area (Å²) in [6, 6.07) is 0. The fraction of sp³-hybridized carbons (Fsp3) is 0.692. The molecule has 18 heavy (non-hydrogen) atoms. The van der Waals surface area contributed by atoms with Crippen LogP contribution in [0.4, 0.5) is 0 Å². The number of carbonyl (C=O) groups is 1. The zero-order valence-electron chi connectivity index (χ0n) is 10.7. The van der Waals surface area contributed by atoms with Crippen molar-refractivity contribution in [1.29, 1.82) is 0 Å². The third-order valence-corrected chi connectivity index (χ3v) is 4.15. The number of ketones is 1. The summed E-state index contributed by atoms with van der Waals surface area (Å²) in [4.78, 5) is 12.6. The highest BCUT2D eigenvalue weighted by molar-refractivity contribution is 6.33. The topological polar surface area (TPSA) is 60.9 Å². The standard InChI is InChI=1S/C13H20ClN3O/c1-2-17-12(11(14)8-16-17)13(18)10-6-4-3-5-9(10)7-15/h8-10H,2-7,15H2,1H3. The Kier molecular flexibility index (Phi) is 4.40. The Morgan fingerprint density at radius 2 is 2.28 bits per heavy atom. The van der Waals surface area contributed by atoms with Crippen molar-refractivity contribution in [2.75, 3.05) is 6.54 Å². The third kappa shape index (κ3) is 2.45. The Morgan fingerprint density at radius 1 is 1.56 bits per heavy atom. The lowest BCUT2D eigenvalue weighted by atomic mass is 9.76. The molecule has 2 atom stereocenters. The second-order valence-corrected chi connectivity index (χ2v) is 5.32. The third-order valence-electron chi connectivity index (χ3n) is 3.88. The summed E-state index contributed by atoms with van der Waals surface area (Å²) in [7, 11) is 0. The summed E-state index contributed by atoms with van der Waals surface area (Å²) in [5.41, 5.74) is 6.35. The first-order valence-electron chi connectivity index (χ1n) is 6.64. The van der Waals surface area contributed by atoms with Crippen molar-refractivity contribution in [2.45, 2.75) is 39.2 Å². The zero-order valence-corrected chi connectivity index (χ0v) is 11.5. The molecule has 0 aromatic carbocycles. The average Bonchev–Trinajstić information content (AvgIpc) is 2.79. The maximum atomic E-state index is 12.6. The zero-order chi connectivity index (χ0) is 13.1. The van der Waals surface area contributed by atoms with Crippen LogP contribution in [0.2, 0.25) is 5.02 Å². The van der Waals surface area contributed by atoms with E-state index < -0.39 is 0 Å². The van der Waals surface area contributed by atoms with E-state index in [2.05, 4.69) is 5.10 Å². The summed E-state index contributed by atoms with van der Waals surface area (Å²) >= 11 is 6.09. The number of aromatic nitrogens is 2. The van der Waals surface area contributed by atoms with Crippen LogP contribution >= 0.6 is 11.6 Å². The summed E-state index contributed by atoms with van der Waals surface area (Å²) in [5, 5.41) is 4.59. The van der Waals surface area contributed by atoms with Crippen LogP contribution in [-0.4, -0.2) is 22.1 Å².